The molecule has 1 aliphatic rings. The van der Waals surface area contributed by atoms with Gasteiger partial charge in [0.1, 0.15) is 0 Å². The summed E-state index contributed by atoms with van der Waals surface area (Å²) in [6.45, 7) is 9.20. The smallest absolute Gasteiger partial charge is 0.0768 e. The average molecular weight is 228 g/mol. The van der Waals surface area contributed by atoms with Crippen molar-refractivity contribution in [2.45, 2.75) is 45.3 Å². The fraction of sp³-hybridized carbons (Fsp3) is 1.00. The zero-order chi connectivity index (χ0) is 12.3. The van der Waals surface area contributed by atoms with Crippen molar-refractivity contribution in [1.82, 2.24) is 9.80 Å². The van der Waals surface area contributed by atoms with Gasteiger partial charge in [-0.1, -0.05) is 13.8 Å². The maximum absolute atomic E-state index is 10.3. The van der Waals surface area contributed by atoms with E-state index in [1.807, 2.05) is 6.92 Å². The number of hydrogen-bond acceptors (Lipinski definition) is 3. The minimum absolute atomic E-state index is 0.313. The molecule has 1 saturated heterocycles. The van der Waals surface area contributed by atoms with Gasteiger partial charge < -0.3 is 10.0 Å². The van der Waals surface area contributed by atoms with Crippen molar-refractivity contribution in [2.24, 2.45) is 5.92 Å². The first-order valence-electron chi connectivity index (χ1n) is 6.44. The van der Waals surface area contributed by atoms with Crippen LogP contribution in [0, 0.1) is 5.92 Å². The SMILES string of the molecule is CC(C)C(C)(O)CN1CCCC1CN(C)C. The molecule has 0 bridgehead atoms. The highest BCUT2D eigenvalue weighted by Gasteiger charge is 2.33. The van der Waals surface area contributed by atoms with Gasteiger partial charge in [0.05, 0.1) is 5.60 Å². The molecule has 0 aliphatic carbocycles. The molecule has 3 heteroatoms. The Balaban J connectivity index is 2.52. The molecule has 0 aromatic heterocycles. The van der Waals surface area contributed by atoms with E-state index in [1.54, 1.807) is 0 Å². The zero-order valence-corrected chi connectivity index (χ0v) is 11.5. The molecule has 3 nitrogen and oxygen atoms in total. The van der Waals surface area contributed by atoms with Crippen molar-refractivity contribution < 1.29 is 5.11 Å². The Morgan fingerprint density at radius 3 is 2.56 bits per heavy atom. The van der Waals surface area contributed by atoms with Crippen molar-refractivity contribution in [1.29, 1.82) is 0 Å². The number of likely N-dealkylation sites (tertiary alicyclic amines) is 1. The van der Waals surface area contributed by atoms with E-state index in [-0.39, 0.29) is 0 Å². The number of rotatable bonds is 5. The van der Waals surface area contributed by atoms with Crippen LogP contribution in [0.4, 0.5) is 0 Å². The van der Waals surface area contributed by atoms with Gasteiger partial charge in [0.2, 0.25) is 0 Å². The van der Waals surface area contributed by atoms with E-state index < -0.39 is 5.60 Å². The highest BCUT2D eigenvalue weighted by atomic mass is 16.3. The summed E-state index contributed by atoms with van der Waals surface area (Å²) in [5, 5.41) is 10.3. The lowest BCUT2D eigenvalue weighted by Gasteiger charge is -2.36. The summed E-state index contributed by atoms with van der Waals surface area (Å²) in [7, 11) is 4.24. The molecule has 0 aromatic carbocycles. The van der Waals surface area contributed by atoms with E-state index in [0.717, 1.165) is 19.6 Å². The van der Waals surface area contributed by atoms with Crippen LogP contribution in [0.1, 0.15) is 33.6 Å². The number of nitrogens with zero attached hydrogens (tertiary/aromatic N) is 2. The van der Waals surface area contributed by atoms with Gasteiger partial charge >= 0.3 is 0 Å². The molecule has 1 aliphatic heterocycles. The lowest BCUT2D eigenvalue weighted by Crippen LogP contribution is -2.48. The molecule has 2 unspecified atom stereocenters. The molecule has 1 rings (SSSR count). The highest BCUT2D eigenvalue weighted by Crippen LogP contribution is 2.24. The quantitative estimate of drug-likeness (QED) is 0.771. The first-order chi connectivity index (χ1) is 7.33. The Hall–Kier alpha value is -0.120. The van der Waals surface area contributed by atoms with Crippen LogP contribution >= 0.6 is 0 Å². The summed E-state index contributed by atoms with van der Waals surface area (Å²) in [6, 6.07) is 0.625. The van der Waals surface area contributed by atoms with E-state index in [0.29, 0.717) is 12.0 Å². The lowest BCUT2D eigenvalue weighted by molar-refractivity contribution is -0.0234. The molecule has 0 aromatic rings. The fourth-order valence-electron chi connectivity index (χ4n) is 2.33. The third-order valence-electron chi connectivity index (χ3n) is 3.84. The first-order valence-corrected chi connectivity index (χ1v) is 6.44. The monoisotopic (exact) mass is 228 g/mol. The maximum Gasteiger partial charge on any atom is 0.0768 e. The second kappa shape index (κ2) is 5.48. The largest absolute Gasteiger partial charge is 0.389 e. The predicted molar refractivity (Wildman–Crippen MR) is 68.6 cm³/mol. The van der Waals surface area contributed by atoms with E-state index in [2.05, 4.69) is 37.7 Å². The summed E-state index contributed by atoms with van der Waals surface area (Å²) < 4.78 is 0. The Morgan fingerprint density at radius 1 is 1.44 bits per heavy atom. The van der Waals surface area contributed by atoms with Crippen LogP contribution in [-0.2, 0) is 0 Å². The van der Waals surface area contributed by atoms with Crippen LogP contribution in [0.2, 0.25) is 0 Å². The molecule has 1 fully saturated rings. The first kappa shape index (κ1) is 13.9. The van der Waals surface area contributed by atoms with E-state index >= 15 is 0 Å². The number of β-amino-alcohol motifs (C(OH)–C–C–N with tert-alkyl or cyclic N) is 1. The van der Waals surface area contributed by atoms with Gasteiger partial charge in [-0.25, -0.2) is 0 Å². The summed E-state index contributed by atoms with van der Waals surface area (Å²) >= 11 is 0. The molecule has 1 heterocycles. The van der Waals surface area contributed by atoms with Crippen LogP contribution < -0.4 is 0 Å². The Labute approximate surface area is 100 Å². The van der Waals surface area contributed by atoms with Gasteiger partial charge in [-0.2, -0.15) is 0 Å². The molecule has 2 atom stereocenters. The zero-order valence-electron chi connectivity index (χ0n) is 11.5. The number of hydrogen-bond donors (Lipinski definition) is 1. The van der Waals surface area contributed by atoms with Gasteiger partial charge in [-0.15, -0.1) is 0 Å². The summed E-state index contributed by atoms with van der Waals surface area (Å²) in [6.07, 6.45) is 2.54. The Morgan fingerprint density at radius 2 is 2.06 bits per heavy atom. The van der Waals surface area contributed by atoms with Gasteiger partial charge in [0.15, 0.2) is 0 Å². The standard InChI is InChI=1S/C13H28N2O/c1-11(2)13(3,16)10-15-8-6-7-12(15)9-14(4)5/h11-12,16H,6-10H2,1-5H3. The summed E-state index contributed by atoms with van der Waals surface area (Å²) in [5.41, 5.74) is -0.561. The molecule has 1 N–H and O–H groups in total. The van der Waals surface area contributed by atoms with Crippen molar-refractivity contribution in [2.75, 3.05) is 33.7 Å². The van der Waals surface area contributed by atoms with Crippen molar-refractivity contribution in [3.8, 4) is 0 Å². The van der Waals surface area contributed by atoms with Crippen LogP contribution in [-0.4, -0.2) is 60.3 Å². The van der Waals surface area contributed by atoms with Crippen molar-refractivity contribution in [3.63, 3.8) is 0 Å². The van der Waals surface area contributed by atoms with Crippen LogP contribution in [0.3, 0.4) is 0 Å². The summed E-state index contributed by atoms with van der Waals surface area (Å²) in [5.74, 6) is 0.313. The minimum Gasteiger partial charge on any atom is -0.389 e. The van der Waals surface area contributed by atoms with Crippen molar-refractivity contribution >= 4 is 0 Å². The van der Waals surface area contributed by atoms with Gasteiger partial charge in [0.25, 0.3) is 0 Å². The highest BCUT2D eigenvalue weighted by molar-refractivity contribution is 4.88. The second-order valence-electron chi connectivity index (χ2n) is 6.04. The molecule has 16 heavy (non-hydrogen) atoms. The van der Waals surface area contributed by atoms with Crippen molar-refractivity contribution in [3.05, 3.63) is 0 Å². The van der Waals surface area contributed by atoms with Crippen LogP contribution in [0.25, 0.3) is 0 Å². The van der Waals surface area contributed by atoms with Crippen LogP contribution in [0.15, 0.2) is 0 Å². The minimum atomic E-state index is -0.561. The summed E-state index contributed by atoms with van der Waals surface area (Å²) in [4.78, 5) is 4.70. The van der Waals surface area contributed by atoms with Gasteiger partial charge in [0, 0.05) is 19.1 Å². The topological polar surface area (TPSA) is 26.7 Å². The van der Waals surface area contributed by atoms with E-state index in [4.69, 9.17) is 0 Å². The number of likely N-dealkylation sites (N-methyl/N-ethyl adjacent to an activating group) is 1. The van der Waals surface area contributed by atoms with E-state index in [9.17, 15) is 5.11 Å². The lowest BCUT2D eigenvalue weighted by atomic mass is 9.92. The normalized spacial score (nSPS) is 26.6. The Bertz CT molecular complexity index is 214. The maximum atomic E-state index is 10.3. The van der Waals surface area contributed by atoms with E-state index in [1.165, 1.54) is 12.8 Å². The molecular formula is C13H28N2O. The molecule has 0 saturated carbocycles. The fourth-order valence-corrected chi connectivity index (χ4v) is 2.33. The molecular weight excluding hydrogens is 200 g/mol. The van der Waals surface area contributed by atoms with Gasteiger partial charge in [-0.05, 0) is 46.3 Å². The van der Waals surface area contributed by atoms with Gasteiger partial charge in [-0.3, -0.25) is 4.90 Å². The molecule has 0 amide bonds. The third kappa shape index (κ3) is 3.72. The third-order valence-corrected chi connectivity index (χ3v) is 3.84. The molecule has 0 radical (unpaired) electrons. The van der Waals surface area contributed by atoms with Crippen LogP contribution in [0.5, 0.6) is 0 Å². The number of aliphatic hydroxyl groups is 1. The second-order valence-corrected chi connectivity index (χ2v) is 6.04. The average Bonchev–Trinajstić information content (AvgIpc) is 2.50. The predicted octanol–water partition coefficient (Wildman–Crippen LogP) is 1.42. The molecule has 96 valence electrons. The molecule has 0 spiro atoms. The Kier molecular flexibility index (Phi) is 4.77.